The molecule has 0 radical (unpaired) electrons. The Morgan fingerprint density at radius 3 is 2.71 bits per heavy atom. The van der Waals surface area contributed by atoms with Crippen molar-refractivity contribution in [3.63, 3.8) is 0 Å². The first kappa shape index (κ1) is 9.71. The summed E-state index contributed by atoms with van der Waals surface area (Å²) in [7, 11) is 0. The standard InChI is InChI=1S/C11H19N3/c1-9(2)11-10(3-4-13-11)14-7-5-12-6-8-14/h3,9,12H,4-8H2,1-2H3. The number of nitrogens with one attached hydrogen (secondary N) is 1. The van der Waals surface area contributed by atoms with E-state index in [-0.39, 0.29) is 0 Å². The Hall–Kier alpha value is -0.830. The smallest absolute Gasteiger partial charge is 0.0608 e. The molecule has 3 heteroatoms. The van der Waals surface area contributed by atoms with Crippen molar-refractivity contribution < 1.29 is 0 Å². The molecule has 0 bridgehead atoms. The Morgan fingerprint density at radius 1 is 1.36 bits per heavy atom. The second kappa shape index (κ2) is 4.13. The summed E-state index contributed by atoms with van der Waals surface area (Å²) in [4.78, 5) is 7.01. The minimum atomic E-state index is 0.554. The fourth-order valence-corrected chi connectivity index (χ4v) is 2.09. The number of rotatable bonds is 2. The Bertz CT molecular complexity index is 260. The van der Waals surface area contributed by atoms with E-state index in [0.29, 0.717) is 5.92 Å². The van der Waals surface area contributed by atoms with Crippen molar-refractivity contribution in [3.05, 3.63) is 11.8 Å². The van der Waals surface area contributed by atoms with E-state index in [9.17, 15) is 0 Å². The van der Waals surface area contributed by atoms with Gasteiger partial charge < -0.3 is 10.2 Å². The van der Waals surface area contributed by atoms with Crippen molar-refractivity contribution in [1.29, 1.82) is 0 Å². The molecule has 3 nitrogen and oxygen atoms in total. The highest BCUT2D eigenvalue weighted by atomic mass is 15.2. The lowest BCUT2D eigenvalue weighted by molar-refractivity contribution is 0.311. The SMILES string of the molecule is CC(C)C1=NCC=C1N1CCNCC1. The zero-order valence-corrected chi connectivity index (χ0v) is 9.08. The summed E-state index contributed by atoms with van der Waals surface area (Å²) in [6, 6.07) is 0. The van der Waals surface area contributed by atoms with Gasteiger partial charge in [-0.15, -0.1) is 0 Å². The zero-order valence-electron chi connectivity index (χ0n) is 9.08. The van der Waals surface area contributed by atoms with Gasteiger partial charge in [0.25, 0.3) is 0 Å². The number of hydrogen-bond donors (Lipinski definition) is 1. The molecule has 2 aliphatic heterocycles. The summed E-state index contributed by atoms with van der Waals surface area (Å²) in [5, 5.41) is 3.37. The van der Waals surface area contributed by atoms with Gasteiger partial charge in [0.2, 0.25) is 0 Å². The average molecular weight is 193 g/mol. The highest BCUT2D eigenvalue weighted by Crippen LogP contribution is 2.18. The van der Waals surface area contributed by atoms with Crippen LogP contribution >= 0.6 is 0 Å². The maximum Gasteiger partial charge on any atom is 0.0608 e. The lowest BCUT2D eigenvalue weighted by atomic mass is 10.0. The normalized spacial score (nSPS) is 22.6. The van der Waals surface area contributed by atoms with E-state index in [0.717, 1.165) is 32.7 Å². The van der Waals surface area contributed by atoms with Gasteiger partial charge in [-0.1, -0.05) is 13.8 Å². The number of aliphatic imine (C=N–C) groups is 1. The minimum Gasteiger partial charge on any atom is -0.368 e. The third-order valence-corrected chi connectivity index (χ3v) is 2.81. The van der Waals surface area contributed by atoms with Crippen LogP contribution in [0.5, 0.6) is 0 Å². The summed E-state index contributed by atoms with van der Waals surface area (Å²) in [5.41, 5.74) is 2.69. The molecule has 0 spiro atoms. The second-order valence-electron chi connectivity index (χ2n) is 4.21. The summed E-state index contributed by atoms with van der Waals surface area (Å²) < 4.78 is 0. The van der Waals surface area contributed by atoms with Gasteiger partial charge in [0.05, 0.1) is 18.0 Å². The predicted molar refractivity (Wildman–Crippen MR) is 59.7 cm³/mol. The summed E-state index contributed by atoms with van der Waals surface area (Å²) in [5.74, 6) is 0.554. The topological polar surface area (TPSA) is 27.6 Å². The third-order valence-electron chi connectivity index (χ3n) is 2.81. The number of hydrogen-bond acceptors (Lipinski definition) is 3. The van der Waals surface area contributed by atoms with Gasteiger partial charge in [0, 0.05) is 26.2 Å². The van der Waals surface area contributed by atoms with Gasteiger partial charge in [-0.25, -0.2) is 0 Å². The molecule has 0 saturated carbocycles. The van der Waals surface area contributed by atoms with Crippen LogP contribution in [0.2, 0.25) is 0 Å². The number of piperazine rings is 1. The first-order chi connectivity index (χ1) is 6.79. The molecular formula is C11H19N3. The molecule has 14 heavy (non-hydrogen) atoms. The van der Waals surface area contributed by atoms with E-state index in [1.807, 2.05) is 0 Å². The summed E-state index contributed by atoms with van der Waals surface area (Å²) in [6.07, 6.45) is 2.26. The van der Waals surface area contributed by atoms with Crippen molar-refractivity contribution >= 4 is 5.71 Å². The molecule has 0 aliphatic carbocycles. The van der Waals surface area contributed by atoms with Crippen LogP contribution in [0.3, 0.4) is 0 Å². The minimum absolute atomic E-state index is 0.554. The molecule has 0 aromatic rings. The molecule has 0 aromatic carbocycles. The van der Waals surface area contributed by atoms with Crippen LogP contribution in [0.25, 0.3) is 0 Å². The van der Waals surface area contributed by atoms with Gasteiger partial charge >= 0.3 is 0 Å². The highest BCUT2D eigenvalue weighted by Gasteiger charge is 2.21. The molecule has 0 amide bonds. The van der Waals surface area contributed by atoms with Gasteiger partial charge in [-0.2, -0.15) is 0 Å². The number of nitrogens with zero attached hydrogens (tertiary/aromatic N) is 2. The predicted octanol–water partition coefficient (Wildman–Crippen LogP) is 0.886. The first-order valence-electron chi connectivity index (χ1n) is 5.49. The first-order valence-corrected chi connectivity index (χ1v) is 5.49. The fourth-order valence-electron chi connectivity index (χ4n) is 2.09. The molecule has 0 unspecified atom stereocenters. The van der Waals surface area contributed by atoms with Crippen LogP contribution in [0, 0.1) is 5.92 Å². The molecule has 2 rings (SSSR count). The molecule has 0 atom stereocenters. The molecule has 1 saturated heterocycles. The van der Waals surface area contributed by atoms with E-state index < -0.39 is 0 Å². The molecule has 1 N–H and O–H groups in total. The van der Waals surface area contributed by atoms with E-state index in [2.05, 4.69) is 35.1 Å². The lowest BCUT2D eigenvalue weighted by Crippen LogP contribution is -2.44. The number of allylic oxidation sites excluding steroid dienone is 1. The van der Waals surface area contributed by atoms with Crippen molar-refractivity contribution in [2.24, 2.45) is 10.9 Å². The molecule has 2 heterocycles. The quantitative estimate of drug-likeness (QED) is 0.705. The highest BCUT2D eigenvalue weighted by molar-refractivity contribution is 6.02. The van der Waals surface area contributed by atoms with Crippen LogP contribution < -0.4 is 5.32 Å². The Kier molecular flexibility index (Phi) is 2.87. The van der Waals surface area contributed by atoms with Gasteiger partial charge in [-0.3, -0.25) is 4.99 Å². The Balaban J connectivity index is 2.06. The monoisotopic (exact) mass is 193 g/mol. The van der Waals surface area contributed by atoms with Crippen molar-refractivity contribution in [1.82, 2.24) is 10.2 Å². The van der Waals surface area contributed by atoms with Crippen LogP contribution in [-0.2, 0) is 0 Å². The Labute approximate surface area is 85.9 Å². The summed E-state index contributed by atoms with van der Waals surface area (Å²) >= 11 is 0. The lowest BCUT2D eigenvalue weighted by Gasteiger charge is -2.31. The Morgan fingerprint density at radius 2 is 2.07 bits per heavy atom. The second-order valence-corrected chi connectivity index (χ2v) is 4.21. The fraction of sp³-hybridized carbons (Fsp3) is 0.727. The van der Waals surface area contributed by atoms with Crippen LogP contribution in [0.1, 0.15) is 13.8 Å². The maximum atomic E-state index is 4.55. The van der Waals surface area contributed by atoms with E-state index >= 15 is 0 Å². The van der Waals surface area contributed by atoms with Gasteiger partial charge in [0.15, 0.2) is 0 Å². The van der Waals surface area contributed by atoms with E-state index in [4.69, 9.17) is 0 Å². The van der Waals surface area contributed by atoms with Crippen molar-refractivity contribution in [2.45, 2.75) is 13.8 Å². The zero-order chi connectivity index (χ0) is 9.97. The maximum absolute atomic E-state index is 4.55. The average Bonchev–Trinajstić information content (AvgIpc) is 2.67. The summed E-state index contributed by atoms with van der Waals surface area (Å²) in [6.45, 7) is 9.77. The van der Waals surface area contributed by atoms with Crippen molar-refractivity contribution in [3.8, 4) is 0 Å². The molecule has 1 fully saturated rings. The van der Waals surface area contributed by atoms with Crippen LogP contribution in [-0.4, -0.2) is 43.3 Å². The van der Waals surface area contributed by atoms with Gasteiger partial charge in [-0.05, 0) is 12.0 Å². The molecule has 78 valence electrons. The molecule has 0 aromatic heterocycles. The molecule has 2 aliphatic rings. The van der Waals surface area contributed by atoms with E-state index in [1.54, 1.807) is 0 Å². The third kappa shape index (κ3) is 1.82. The van der Waals surface area contributed by atoms with Crippen LogP contribution in [0.15, 0.2) is 16.8 Å². The van der Waals surface area contributed by atoms with Crippen LogP contribution in [0.4, 0.5) is 0 Å². The van der Waals surface area contributed by atoms with Gasteiger partial charge in [0.1, 0.15) is 0 Å². The largest absolute Gasteiger partial charge is 0.368 e. The van der Waals surface area contributed by atoms with E-state index in [1.165, 1.54) is 11.4 Å². The van der Waals surface area contributed by atoms with Crippen molar-refractivity contribution in [2.75, 3.05) is 32.7 Å². The molecular weight excluding hydrogens is 174 g/mol.